The summed E-state index contributed by atoms with van der Waals surface area (Å²) in [7, 11) is 0. The Balaban J connectivity index is 1.93. The number of ether oxygens (including phenoxy) is 1. The summed E-state index contributed by atoms with van der Waals surface area (Å²) in [6.07, 6.45) is 0. The predicted molar refractivity (Wildman–Crippen MR) is 77.4 cm³/mol. The number of hydrogen-bond acceptors (Lipinski definition) is 4. The summed E-state index contributed by atoms with van der Waals surface area (Å²) in [6, 6.07) is 5.89. The van der Waals surface area contributed by atoms with Crippen LogP contribution in [0.5, 0.6) is 5.75 Å². The Bertz CT molecular complexity index is 494. The van der Waals surface area contributed by atoms with Gasteiger partial charge in [0.15, 0.2) is 6.61 Å². The zero-order valence-electron chi connectivity index (χ0n) is 10.6. The second kappa shape index (κ2) is 6.85. The first-order valence-electron chi connectivity index (χ1n) is 6.06. The van der Waals surface area contributed by atoms with Crippen molar-refractivity contribution in [3.63, 3.8) is 0 Å². The van der Waals surface area contributed by atoms with Crippen molar-refractivity contribution in [2.75, 3.05) is 24.7 Å². The summed E-state index contributed by atoms with van der Waals surface area (Å²) in [5, 5.41) is 9.70. The van der Waals surface area contributed by atoms with E-state index in [2.05, 4.69) is 0 Å². The molecule has 1 aliphatic rings. The van der Waals surface area contributed by atoms with E-state index in [1.165, 1.54) is 16.7 Å². The predicted octanol–water partition coefficient (Wildman–Crippen LogP) is 1.75. The fourth-order valence-electron chi connectivity index (χ4n) is 1.87. The van der Waals surface area contributed by atoms with Gasteiger partial charge in [-0.25, -0.2) is 4.79 Å². The van der Waals surface area contributed by atoms with Crippen LogP contribution in [-0.2, 0) is 9.59 Å². The third-order valence-electron chi connectivity index (χ3n) is 2.91. The molecule has 0 saturated carbocycles. The number of amides is 1. The van der Waals surface area contributed by atoms with Gasteiger partial charge in [-0.1, -0.05) is 11.6 Å². The second-order valence-corrected chi connectivity index (χ2v) is 5.84. The summed E-state index contributed by atoms with van der Waals surface area (Å²) in [5.41, 5.74) is 0. The van der Waals surface area contributed by atoms with Crippen LogP contribution in [0.2, 0.25) is 5.02 Å². The first-order valence-corrected chi connectivity index (χ1v) is 7.59. The van der Waals surface area contributed by atoms with Crippen molar-refractivity contribution in [3.05, 3.63) is 29.3 Å². The largest absolute Gasteiger partial charge is 0.484 e. The van der Waals surface area contributed by atoms with Crippen molar-refractivity contribution < 1.29 is 19.4 Å². The van der Waals surface area contributed by atoms with E-state index >= 15 is 0 Å². The minimum atomic E-state index is -0.975. The van der Waals surface area contributed by atoms with Gasteiger partial charge in [-0.2, -0.15) is 11.8 Å². The van der Waals surface area contributed by atoms with Crippen LogP contribution in [0.25, 0.3) is 0 Å². The maximum atomic E-state index is 12.1. The number of carbonyl (C=O) groups excluding carboxylic acids is 1. The Kier molecular flexibility index (Phi) is 5.14. The molecule has 0 aromatic heterocycles. The van der Waals surface area contributed by atoms with Gasteiger partial charge in [0.2, 0.25) is 0 Å². The molecule has 1 heterocycles. The molecule has 1 fully saturated rings. The summed E-state index contributed by atoms with van der Waals surface area (Å²) in [4.78, 5) is 24.5. The molecular weight excluding hydrogens is 302 g/mol. The van der Waals surface area contributed by atoms with Crippen molar-refractivity contribution in [1.82, 2.24) is 4.90 Å². The van der Waals surface area contributed by atoms with Gasteiger partial charge in [-0.15, -0.1) is 0 Å². The molecular formula is C13H14ClNO4S. The number of carbonyl (C=O) groups is 2. The Morgan fingerprint density at radius 1 is 1.40 bits per heavy atom. The molecule has 5 nitrogen and oxygen atoms in total. The number of benzene rings is 1. The zero-order chi connectivity index (χ0) is 14.5. The molecule has 0 radical (unpaired) electrons. The van der Waals surface area contributed by atoms with E-state index in [4.69, 9.17) is 21.4 Å². The standard InChI is InChI=1S/C13H14ClNO4S/c14-9-1-3-10(4-2-9)19-7-12(16)15-5-6-20-8-11(15)13(17)18/h1-4,11H,5-8H2,(H,17,18). The Hall–Kier alpha value is -1.40. The van der Waals surface area contributed by atoms with Crippen LogP contribution in [0, 0.1) is 0 Å². The minimum absolute atomic E-state index is 0.171. The first kappa shape index (κ1) is 15.0. The number of carboxylic acids is 1. The lowest BCUT2D eigenvalue weighted by atomic mass is 10.2. The van der Waals surface area contributed by atoms with Gasteiger partial charge in [-0.05, 0) is 24.3 Å². The van der Waals surface area contributed by atoms with Crippen molar-refractivity contribution >= 4 is 35.2 Å². The highest BCUT2D eigenvalue weighted by Gasteiger charge is 2.32. The van der Waals surface area contributed by atoms with E-state index in [9.17, 15) is 9.59 Å². The molecule has 1 aromatic rings. The maximum absolute atomic E-state index is 12.1. The third-order valence-corrected chi connectivity index (χ3v) is 4.18. The minimum Gasteiger partial charge on any atom is -0.484 e. The molecule has 1 saturated heterocycles. The summed E-state index contributed by atoms with van der Waals surface area (Å²) in [6.45, 7) is 0.264. The van der Waals surface area contributed by atoms with Crippen LogP contribution in [0.15, 0.2) is 24.3 Å². The van der Waals surface area contributed by atoms with Crippen LogP contribution in [-0.4, -0.2) is 52.6 Å². The number of halogens is 1. The van der Waals surface area contributed by atoms with Gasteiger partial charge in [0.25, 0.3) is 5.91 Å². The first-order chi connectivity index (χ1) is 9.58. The van der Waals surface area contributed by atoms with E-state index < -0.39 is 12.0 Å². The number of nitrogens with zero attached hydrogens (tertiary/aromatic N) is 1. The highest BCUT2D eigenvalue weighted by Crippen LogP contribution is 2.18. The van der Waals surface area contributed by atoms with Crippen molar-refractivity contribution in [1.29, 1.82) is 0 Å². The molecule has 108 valence electrons. The monoisotopic (exact) mass is 315 g/mol. The average Bonchev–Trinajstić information content (AvgIpc) is 2.46. The normalized spacial score (nSPS) is 18.6. The second-order valence-electron chi connectivity index (χ2n) is 4.26. The van der Waals surface area contributed by atoms with Gasteiger partial charge in [0.1, 0.15) is 11.8 Å². The topological polar surface area (TPSA) is 66.8 Å². The number of aliphatic carboxylic acids is 1. The van der Waals surface area contributed by atoms with Crippen LogP contribution in [0.4, 0.5) is 0 Å². The SMILES string of the molecule is O=C(O)C1CSCCN1C(=O)COc1ccc(Cl)cc1. The third kappa shape index (κ3) is 3.80. The zero-order valence-corrected chi connectivity index (χ0v) is 12.2. The molecule has 7 heteroatoms. The van der Waals surface area contributed by atoms with Crippen LogP contribution >= 0.6 is 23.4 Å². The lowest BCUT2D eigenvalue weighted by Gasteiger charge is -2.32. The number of rotatable bonds is 4. The van der Waals surface area contributed by atoms with E-state index in [0.29, 0.717) is 23.1 Å². The lowest BCUT2D eigenvalue weighted by Crippen LogP contribution is -2.51. The van der Waals surface area contributed by atoms with Gasteiger partial charge in [-0.3, -0.25) is 4.79 Å². The average molecular weight is 316 g/mol. The van der Waals surface area contributed by atoms with Gasteiger partial charge < -0.3 is 14.7 Å². The van der Waals surface area contributed by atoms with Crippen molar-refractivity contribution in [2.24, 2.45) is 0 Å². The molecule has 1 unspecified atom stereocenters. The molecule has 1 N–H and O–H groups in total. The number of thioether (sulfide) groups is 1. The Morgan fingerprint density at radius 2 is 2.10 bits per heavy atom. The highest BCUT2D eigenvalue weighted by atomic mass is 35.5. The van der Waals surface area contributed by atoms with E-state index in [1.54, 1.807) is 24.3 Å². The molecule has 20 heavy (non-hydrogen) atoms. The van der Waals surface area contributed by atoms with Crippen LogP contribution < -0.4 is 4.74 Å². The molecule has 1 aromatic carbocycles. The Morgan fingerprint density at radius 3 is 2.75 bits per heavy atom. The molecule has 0 bridgehead atoms. The van der Waals surface area contributed by atoms with Gasteiger partial charge in [0.05, 0.1) is 0 Å². The fraction of sp³-hybridized carbons (Fsp3) is 0.385. The van der Waals surface area contributed by atoms with Gasteiger partial charge in [0, 0.05) is 23.1 Å². The number of hydrogen-bond donors (Lipinski definition) is 1. The lowest BCUT2D eigenvalue weighted by molar-refractivity contribution is -0.150. The maximum Gasteiger partial charge on any atom is 0.327 e. The summed E-state index contributed by atoms with van der Waals surface area (Å²) >= 11 is 7.29. The van der Waals surface area contributed by atoms with E-state index in [0.717, 1.165) is 5.75 Å². The molecule has 0 aliphatic carbocycles. The molecule has 1 amide bonds. The molecule has 2 rings (SSSR count). The van der Waals surface area contributed by atoms with Crippen LogP contribution in [0.1, 0.15) is 0 Å². The van der Waals surface area contributed by atoms with Crippen molar-refractivity contribution in [3.8, 4) is 5.75 Å². The van der Waals surface area contributed by atoms with Crippen LogP contribution in [0.3, 0.4) is 0 Å². The molecule has 1 atom stereocenters. The van der Waals surface area contributed by atoms with Crippen molar-refractivity contribution in [2.45, 2.75) is 6.04 Å². The van der Waals surface area contributed by atoms with E-state index in [1.807, 2.05) is 0 Å². The number of carboxylic acid groups (broad SMARTS) is 1. The quantitative estimate of drug-likeness (QED) is 0.917. The highest BCUT2D eigenvalue weighted by molar-refractivity contribution is 7.99. The molecule has 0 spiro atoms. The van der Waals surface area contributed by atoms with E-state index in [-0.39, 0.29) is 12.5 Å². The fourth-order valence-corrected chi connectivity index (χ4v) is 3.03. The molecule has 1 aliphatic heterocycles. The summed E-state index contributed by atoms with van der Waals surface area (Å²) < 4.78 is 5.35. The Labute approximate surface area is 125 Å². The van der Waals surface area contributed by atoms with Gasteiger partial charge >= 0.3 is 5.97 Å². The smallest absolute Gasteiger partial charge is 0.327 e. The summed E-state index contributed by atoms with van der Waals surface area (Å²) in [5.74, 6) is 0.407.